The summed E-state index contributed by atoms with van der Waals surface area (Å²) in [5, 5.41) is 0. The predicted molar refractivity (Wildman–Crippen MR) is 57.8 cm³/mol. The molecule has 0 N–H and O–H groups in total. The van der Waals surface area contributed by atoms with E-state index in [1.54, 1.807) is 6.92 Å². The van der Waals surface area contributed by atoms with Gasteiger partial charge in [0.2, 0.25) is 6.10 Å². The zero-order chi connectivity index (χ0) is 12.3. The van der Waals surface area contributed by atoms with E-state index in [-0.39, 0.29) is 24.4 Å². The van der Waals surface area contributed by atoms with Crippen molar-refractivity contribution in [1.82, 2.24) is 0 Å². The van der Waals surface area contributed by atoms with E-state index in [0.717, 1.165) is 0 Å². The summed E-state index contributed by atoms with van der Waals surface area (Å²) in [7, 11) is 0. The van der Waals surface area contributed by atoms with E-state index in [9.17, 15) is 14.4 Å². The van der Waals surface area contributed by atoms with Gasteiger partial charge in [0.05, 0.1) is 5.41 Å². The Bertz CT molecular complexity index is 299. The summed E-state index contributed by atoms with van der Waals surface area (Å²) in [6.07, 6.45) is 0.539. The third kappa shape index (κ3) is 2.31. The highest BCUT2D eigenvalue weighted by molar-refractivity contribution is 6.12. The summed E-state index contributed by atoms with van der Waals surface area (Å²) in [4.78, 5) is 34.5. The maximum Gasteiger partial charge on any atom is 0.312 e. The molecule has 0 bridgehead atoms. The molecule has 0 atom stereocenters. The van der Waals surface area contributed by atoms with E-state index >= 15 is 0 Å². The van der Waals surface area contributed by atoms with E-state index in [1.807, 2.05) is 13.8 Å². The summed E-state index contributed by atoms with van der Waals surface area (Å²) in [6.45, 7) is 5.57. The standard InChI is InChI=1S/C12H18O4/c1-4-12(3,5-2)11(15)16-10-8(13)6-7-9(10)14/h10H,4-7H2,1-3H3. The molecule has 0 saturated heterocycles. The number of ether oxygens (including phenoxy) is 1. The van der Waals surface area contributed by atoms with Crippen molar-refractivity contribution in [3.8, 4) is 0 Å². The summed E-state index contributed by atoms with van der Waals surface area (Å²) in [6, 6.07) is 0. The Morgan fingerprint density at radius 2 is 1.69 bits per heavy atom. The summed E-state index contributed by atoms with van der Waals surface area (Å²) < 4.78 is 5.04. The molecule has 1 aliphatic rings. The summed E-state index contributed by atoms with van der Waals surface area (Å²) in [5.41, 5.74) is -0.594. The van der Waals surface area contributed by atoms with E-state index in [2.05, 4.69) is 0 Å². The molecule has 4 heteroatoms. The fourth-order valence-electron chi connectivity index (χ4n) is 1.61. The van der Waals surface area contributed by atoms with Crippen LogP contribution in [0.25, 0.3) is 0 Å². The third-order valence-electron chi connectivity index (χ3n) is 3.48. The highest BCUT2D eigenvalue weighted by Gasteiger charge is 2.40. The lowest BCUT2D eigenvalue weighted by atomic mass is 9.85. The van der Waals surface area contributed by atoms with Crippen LogP contribution in [0.15, 0.2) is 0 Å². The van der Waals surface area contributed by atoms with E-state index in [4.69, 9.17) is 4.74 Å². The molecule has 0 spiro atoms. The van der Waals surface area contributed by atoms with Crippen LogP contribution in [0, 0.1) is 5.41 Å². The predicted octanol–water partition coefficient (Wildman–Crippen LogP) is 1.66. The first-order valence-electron chi connectivity index (χ1n) is 5.71. The number of hydrogen-bond acceptors (Lipinski definition) is 4. The van der Waals surface area contributed by atoms with E-state index < -0.39 is 17.5 Å². The number of hydrogen-bond donors (Lipinski definition) is 0. The van der Waals surface area contributed by atoms with Gasteiger partial charge in [-0.25, -0.2) is 0 Å². The second-order valence-corrected chi connectivity index (χ2v) is 4.49. The third-order valence-corrected chi connectivity index (χ3v) is 3.48. The van der Waals surface area contributed by atoms with Gasteiger partial charge in [-0.2, -0.15) is 0 Å². The van der Waals surface area contributed by atoms with Gasteiger partial charge in [-0.1, -0.05) is 13.8 Å². The minimum absolute atomic E-state index is 0.200. The van der Waals surface area contributed by atoms with Crippen molar-refractivity contribution >= 4 is 17.5 Å². The Kier molecular flexibility index (Phi) is 3.83. The molecule has 1 fully saturated rings. The zero-order valence-corrected chi connectivity index (χ0v) is 10.0. The van der Waals surface area contributed by atoms with Gasteiger partial charge in [0, 0.05) is 12.8 Å². The van der Waals surface area contributed by atoms with E-state index in [0.29, 0.717) is 12.8 Å². The zero-order valence-electron chi connectivity index (χ0n) is 10.0. The van der Waals surface area contributed by atoms with E-state index in [1.165, 1.54) is 0 Å². The maximum atomic E-state index is 11.8. The largest absolute Gasteiger partial charge is 0.446 e. The Labute approximate surface area is 95.3 Å². The van der Waals surface area contributed by atoms with Crippen molar-refractivity contribution in [1.29, 1.82) is 0 Å². The molecular formula is C12H18O4. The van der Waals surface area contributed by atoms with Crippen LogP contribution >= 0.6 is 0 Å². The van der Waals surface area contributed by atoms with Crippen LogP contribution in [-0.2, 0) is 19.1 Å². The number of rotatable bonds is 4. The van der Waals surface area contributed by atoms with Crippen molar-refractivity contribution in [3.63, 3.8) is 0 Å². The molecule has 0 aromatic carbocycles. The monoisotopic (exact) mass is 226 g/mol. The SMILES string of the molecule is CCC(C)(CC)C(=O)OC1C(=O)CCC1=O. The average molecular weight is 226 g/mol. The molecular weight excluding hydrogens is 208 g/mol. The van der Waals surface area contributed by atoms with Crippen LogP contribution in [0.2, 0.25) is 0 Å². The van der Waals surface area contributed by atoms with Crippen LogP contribution in [0.5, 0.6) is 0 Å². The number of ketones is 2. The number of esters is 1. The average Bonchev–Trinajstić information content (AvgIpc) is 2.59. The second kappa shape index (κ2) is 4.76. The normalized spacial score (nSPS) is 17.9. The molecule has 1 saturated carbocycles. The van der Waals surface area contributed by atoms with Gasteiger partial charge < -0.3 is 4.74 Å². The maximum absolute atomic E-state index is 11.8. The summed E-state index contributed by atoms with van der Waals surface area (Å²) in [5.74, 6) is -0.980. The molecule has 90 valence electrons. The molecule has 0 aromatic heterocycles. The lowest BCUT2D eigenvalue weighted by Crippen LogP contribution is -2.36. The molecule has 0 aliphatic heterocycles. The summed E-state index contributed by atoms with van der Waals surface area (Å²) >= 11 is 0. The van der Waals surface area contributed by atoms with Crippen LogP contribution < -0.4 is 0 Å². The Balaban J connectivity index is 2.70. The first-order valence-corrected chi connectivity index (χ1v) is 5.71. The lowest BCUT2D eigenvalue weighted by Gasteiger charge is -2.25. The Morgan fingerprint density at radius 3 is 2.06 bits per heavy atom. The van der Waals surface area contributed by atoms with Crippen LogP contribution in [0.3, 0.4) is 0 Å². The molecule has 0 aromatic rings. The second-order valence-electron chi connectivity index (χ2n) is 4.49. The highest BCUT2D eigenvalue weighted by atomic mass is 16.6. The molecule has 0 radical (unpaired) electrons. The van der Waals surface area contributed by atoms with Gasteiger partial charge in [-0.15, -0.1) is 0 Å². The number of carbonyl (C=O) groups is 3. The van der Waals surface area contributed by atoms with Gasteiger partial charge in [-0.05, 0) is 19.8 Å². The van der Waals surface area contributed by atoms with Gasteiger partial charge in [0.1, 0.15) is 0 Å². The van der Waals surface area contributed by atoms with Crippen LogP contribution in [-0.4, -0.2) is 23.6 Å². The Morgan fingerprint density at radius 1 is 1.25 bits per heavy atom. The molecule has 1 rings (SSSR count). The van der Waals surface area contributed by atoms with Crippen molar-refractivity contribution in [2.45, 2.75) is 52.6 Å². The fourth-order valence-corrected chi connectivity index (χ4v) is 1.61. The van der Waals surface area contributed by atoms with Gasteiger partial charge in [-0.3, -0.25) is 14.4 Å². The smallest absolute Gasteiger partial charge is 0.312 e. The fraction of sp³-hybridized carbons (Fsp3) is 0.750. The topological polar surface area (TPSA) is 60.4 Å². The van der Waals surface area contributed by atoms with Crippen molar-refractivity contribution in [3.05, 3.63) is 0 Å². The van der Waals surface area contributed by atoms with Gasteiger partial charge >= 0.3 is 5.97 Å². The van der Waals surface area contributed by atoms with Gasteiger partial charge in [0.25, 0.3) is 0 Å². The van der Waals surface area contributed by atoms with Crippen LogP contribution in [0.1, 0.15) is 46.5 Å². The van der Waals surface area contributed by atoms with Crippen molar-refractivity contribution < 1.29 is 19.1 Å². The quantitative estimate of drug-likeness (QED) is 0.540. The molecule has 0 unspecified atom stereocenters. The van der Waals surface area contributed by atoms with Gasteiger partial charge in [0.15, 0.2) is 11.6 Å². The number of carbonyl (C=O) groups excluding carboxylic acids is 3. The van der Waals surface area contributed by atoms with Crippen molar-refractivity contribution in [2.75, 3.05) is 0 Å². The minimum Gasteiger partial charge on any atom is -0.446 e. The number of Topliss-reactive ketones (excluding diaryl/α,β-unsaturated/α-hetero) is 2. The van der Waals surface area contributed by atoms with Crippen LogP contribution in [0.4, 0.5) is 0 Å². The lowest BCUT2D eigenvalue weighted by molar-refractivity contribution is -0.166. The Hall–Kier alpha value is -1.19. The minimum atomic E-state index is -1.13. The molecule has 1 aliphatic carbocycles. The molecule has 16 heavy (non-hydrogen) atoms. The first-order chi connectivity index (χ1) is 7.44. The molecule has 0 heterocycles. The van der Waals surface area contributed by atoms with Crippen molar-refractivity contribution in [2.24, 2.45) is 5.41 Å². The highest BCUT2D eigenvalue weighted by Crippen LogP contribution is 2.28. The first kappa shape index (κ1) is 12.9. The molecule has 0 amide bonds. The molecule has 4 nitrogen and oxygen atoms in total.